The first-order valence-corrected chi connectivity index (χ1v) is 7.66. The van der Waals surface area contributed by atoms with Gasteiger partial charge in [-0.2, -0.15) is 0 Å². The van der Waals surface area contributed by atoms with E-state index in [-0.39, 0.29) is 5.82 Å². The van der Waals surface area contributed by atoms with Crippen molar-refractivity contribution >= 4 is 0 Å². The van der Waals surface area contributed by atoms with Gasteiger partial charge >= 0.3 is 0 Å². The van der Waals surface area contributed by atoms with Gasteiger partial charge in [0.05, 0.1) is 0 Å². The highest BCUT2D eigenvalue weighted by Crippen LogP contribution is 2.09. The predicted octanol–water partition coefficient (Wildman–Crippen LogP) is 4.93. The fraction of sp³-hybridized carbons (Fsp3) is 0.0435. The minimum atomic E-state index is -0.228. The van der Waals surface area contributed by atoms with Crippen LogP contribution in [0.3, 0.4) is 0 Å². The maximum absolute atomic E-state index is 13.5. The van der Waals surface area contributed by atoms with E-state index in [2.05, 4.69) is 23.7 Å². The first kappa shape index (κ1) is 15.6. The summed E-state index contributed by atoms with van der Waals surface area (Å²) in [6, 6.07) is 22.6. The first-order valence-electron chi connectivity index (χ1n) is 7.66. The summed E-state index contributed by atoms with van der Waals surface area (Å²) >= 11 is 0. The van der Waals surface area contributed by atoms with E-state index >= 15 is 0 Å². The van der Waals surface area contributed by atoms with Gasteiger partial charge in [0.1, 0.15) is 5.82 Å². The zero-order chi connectivity index (χ0) is 16.8. The maximum Gasteiger partial charge on any atom is 0.127 e. The van der Waals surface area contributed by atoms with E-state index in [4.69, 9.17) is 0 Å². The molecule has 24 heavy (non-hydrogen) atoms. The molecule has 0 bridgehead atoms. The van der Waals surface area contributed by atoms with E-state index in [0.717, 1.165) is 16.7 Å². The van der Waals surface area contributed by atoms with Gasteiger partial charge in [0.2, 0.25) is 0 Å². The van der Waals surface area contributed by atoms with Crippen LogP contribution in [-0.4, -0.2) is 0 Å². The zero-order valence-corrected chi connectivity index (χ0v) is 13.3. The fourth-order valence-corrected chi connectivity index (χ4v) is 2.12. The Labute approximate surface area is 142 Å². The summed E-state index contributed by atoms with van der Waals surface area (Å²) in [5.41, 5.74) is 4.10. The lowest BCUT2D eigenvalue weighted by Gasteiger charge is -1.96. The smallest absolute Gasteiger partial charge is 0.127 e. The van der Waals surface area contributed by atoms with E-state index in [1.807, 2.05) is 60.7 Å². The summed E-state index contributed by atoms with van der Waals surface area (Å²) in [7, 11) is 0. The van der Waals surface area contributed by atoms with Gasteiger partial charge in [-0.25, -0.2) is 4.39 Å². The van der Waals surface area contributed by atoms with Crippen molar-refractivity contribution in [1.29, 1.82) is 0 Å². The Bertz CT molecular complexity index is 960. The SMILES string of the molecule is Cc1ccc(C#Cc2ccc(C#Cc3ccccc3)cc2)cc1F. The van der Waals surface area contributed by atoms with Crippen molar-refractivity contribution in [3.05, 3.63) is 106 Å². The van der Waals surface area contributed by atoms with E-state index in [1.54, 1.807) is 13.0 Å². The van der Waals surface area contributed by atoms with E-state index in [9.17, 15) is 4.39 Å². The third kappa shape index (κ3) is 4.13. The van der Waals surface area contributed by atoms with Crippen LogP contribution in [0.2, 0.25) is 0 Å². The zero-order valence-electron chi connectivity index (χ0n) is 13.3. The number of hydrogen-bond donors (Lipinski definition) is 0. The van der Waals surface area contributed by atoms with Crippen molar-refractivity contribution in [2.24, 2.45) is 0 Å². The Morgan fingerprint density at radius 3 is 1.58 bits per heavy atom. The molecule has 0 saturated heterocycles. The van der Waals surface area contributed by atoms with Crippen LogP contribution in [-0.2, 0) is 0 Å². The normalized spacial score (nSPS) is 9.42. The summed E-state index contributed by atoms with van der Waals surface area (Å²) in [5.74, 6) is 12.0. The summed E-state index contributed by atoms with van der Waals surface area (Å²) in [6.45, 7) is 1.74. The second-order valence-electron chi connectivity index (χ2n) is 5.41. The second-order valence-corrected chi connectivity index (χ2v) is 5.41. The molecule has 0 radical (unpaired) electrons. The van der Waals surface area contributed by atoms with Crippen LogP contribution in [0.1, 0.15) is 27.8 Å². The van der Waals surface area contributed by atoms with Gasteiger partial charge in [0.15, 0.2) is 0 Å². The molecule has 3 aromatic rings. The van der Waals surface area contributed by atoms with Crippen LogP contribution < -0.4 is 0 Å². The molecular formula is C23H15F. The second kappa shape index (κ2) is 7.32. The molecule has 0 aliphatic carbocycles. The number of aryl methyl sites for hydroxylation is 1. The van der Waals surface area contributed by atoms with Crippen molar-refractivity contribution in [2.75, 3.05) is 0 Å². The van der Waals surface area contributed by atoms with E-state index < -0.39 is 0 Å². The molecule has 0 amide bonds. The number of hydrogen-bond acceptors (Lipinski definition) is 0. The molecule has 0 atom stereocenters. The van der Waals surface area contributed by atoms with Gasteiger partial charge in [0, 0.05) is 22.3 Å². The summed E-state index contributed by atoms with van der Waals surface area (Å²) in [5, 5.41) is 0. The largest absolute Gasteiger partial charge is 0.207 e. The summed E-state index contributed by atoms with van der Waals surface area (Å²) in [6.07, 6.45) is 0. The molecule has 0 aromatic heterocycles. The predicted molar refractivity (Wildman–Crippen MR) is 96.0 cm³/mol. The molecule has 114 valence electrons. The average molecular weight is 310 g/mol. The molecule has 1 heteroatoms. The lowest BCUT2D eigenvalue weighted by atomic mass is 10.1. The fourth-order valence-electron chi connectivity index (χ4n) is 2.12. The van der Waals surface area contributed by atoms with Crippen LogP contribution in [0.5, 0.6) is 0 Å². The van der Waals surface area contributed by atoms with Crippen molar-refractivity contribution in [1.82, 2.24) is 0 Å². The van der Waals surface area contributed by atoms with Crippen LogP contribution >= 0.6 is 0 Å². The molecule has 0 N–H and O–H groups in total. The molecule has 0 nitrogen and oxygen atoms in total. The Balaban J connectivity index is 1.75. The van der Waals surface area contributed by atoms with Gasteiger partial charge in [0.25, 0.3) is 0 Å². The molecular weight excluding hydrogens is 295 g/mol. The standard InChI is InChI=1S/C23H15F/c1-18-7-8-22(17-23(18)24)16-15-21-13-11-20(12-14-21)10-9-19-5-3-2-4-6-19/h2-8,11-14,17H,1H3. The van der Waals surface area contributed by atoms with Gasteiger partial charge in [-0.15, -0.1) is 0 Å². The first-order chi connectivity index (χ1) is 11.7. The molecule has 0 spiro atoms. The van der Waals surface area contributed by atoms with Crippen LogP contribution in [0.4, 0.5) is 4.39 Å². The molecule has 0 fully saturated rings. The van der Waals surface area contributed by atoms with E-state index in [0.29, 0.717) is 11.1 Å². The quantitative estimate of drug-likeness (QED) is 0.516. The van der Waals surface area contributed by atoms with Gasteiger partial charge < -0.3 is 0 Å². The van der Waals surface area contributed by atoms with Crippen molar-refractivity contribution in [2.45, 2.75) is 6.92 Å². The lowest BCUT2D eigenvalue weighted by Crippen LogP contribution is -1.84. The average Bonchev–Trinajstić information content (AvgIpc) is 2.63. The Kier molecular flexibility index (Phi) is 4.76. The molecule has 0 saturated carbocycles. The van der Waals surface area contributed by atoms with Gasteiger partial charge in [-0.3, -0.25) is 0 Å². The molecule has 3 aromatic carbocycles. The van der Waals surface area contributed by atoms with Crippen molar-refractivity contribution in [3.8, 4) is 23.7 Å². The van der Waals surface area contributed by atoms with Crippen LogP contribution in [0, 0.1) is 36.4 Å². The highest BCUT2D eigenvalue weighted by molar-refractivity contribution is 5.48. The molecule has 0 heterocycles. The molecule has 0 aliphatic rings. The summed E-state index contributed by atoms with van der Waals surface area (Å²) < 4.78 is 13.5. The van der Waals surface area contributed by atoms with Crippen LogP contribution in [0.15, 0.2) is 72.8 Å². The van der Waals surface area contributed by atoms with Crippen molar-refractivity contribution < 1.29 is 4.39 Å². The lowest BCUT2D eigenvalue weighted by molar-refractivity contribution is 0.618. The number of halogens is 1. The Hall–Kier alpha value is -3.29. The summed E-state index contributed by atoms with van der Waals surface area (Å²) in [4.78, 5) is 0. The van der Waals surface area contributed by atoms with Gasteiger partial charge in [-0.05, 0) is 61.0 Å². The van der Waals surface area contributed by atoms with Crippen LogP contribution in [0.25, 0.3) is 0 Å². The Morgan fingerprint density at radius 2 is 1.04 bits per heavy atom. The maximum atomic E-state index is 13.5. The van der Waals surface area contributed by atoms with Crippen molar-refractivity contribution in [3.63, 3.8) is 0 Å². The van der Waals surface area contributed by atoms with E-state index in [1.165, 1.54) is 6.07 Å². The highest BCUT2D eigenvalue weighted by atomic mass is 19.1. The highest BCUT2D eigenvalue weighted by Gasteiger charge is 1.96. The molecule has 0 unspecified atom stereocenters. The number of benzene rings is 3. The number of rotatable bonds is 0. The minimum absolute atomic E-state index is 0.228. The minimum Gasteiger partial charge on any atom is -0.207 e. The monoisotopic (exact) mass is 310 g/mol. The third-order valence-corrected chi connectivity index (χ3v) is 3.53. The molecule has 0 aliphatic heterocycles. The topological polar surface area (TPSA) is 0 Å². The Morgan fingerprint density at radius 1 is 0.583 bits per heavy atom. The molecule has 3 rings (SSSR count). The third-order valence-electron chi connectivity index (χ3n) is 3.53. The van der Waals surface area contributed by atoms with Gasteiger partial charge in [-0.1, -0.05) is 47.9 Å².